The van der Waals surface area contributed by atoms with Crippen molar-refractivity contribution in [3.63, 3.8) is 0 Å². The summed E-state index contributed by atoms with van der Waals surface area (Å²) in [5.41, 5.74) is 6.44. The van der Waals surface area contributed by atoms with Crippen molar-refractivity contribution in [1.82, 2.24) is 0 Å². The van der Waals surface area contributed by atoms with Crippen LogP contribution in [0.25, 0.3) is 0 Å². The van der Waals surface area contributed by atoms with Gasteiger partial charge in [-0.3, -0.25) is 9.52 Å². The second-order valence-electron chi connectivity index (χ2n) is 7.57. The minimum atomic E-state index is -3.71. The SMILES string of the molecule is Cc1ccc(CC(=O)Nc2ccc(S(=O)(=O)Nc3ccc(C)c(C)c3)cc2)cc1C. The first-order valence-electron chi connectivity index (χ1n) is 9.70. The van der Waals surface area contributed by atoms with Gasteiger partial charge in [-0.1, -0.05) is 24.3 Å². The third-order valence-electron chi connectivity index (χ3n) is 5.14. The van der Waals surface area contributed by atoms with Gasteiger partial charge in [-0.15, -0.1) is 0 Å². The van der Waals surface area contributed by atoms with E-state index >= 15 is 0 Å². The van der Waals surface area contributed by atoms with Crippen LogP contribution in [0.1, 0.15) is 27.8 Å². The molecule has 0 aromatic heterocycles. The van der Waals surface area contributed by atoms with Crippen molar-refractivity contribution in [3.05, 3.63) is 88.5 Å². The minimum absolute atomic E-state index is 0.132. The van der Waals surface area contributed by atoms with Gasteiger partial charge >= 0.3 is 0 Å². The number of rotatable bonds is 6. The summed E-state index contributed by atoms with van der Waals surface area (Å²) in [5, 5.41) is 2.81. The first-order valence-corrected chi connectivity index (χ1v) is 11.2. The van der Waals surface area contributed by atoms with E-state index in [0.29, 0.717) is 11.4 Å². The number of sulfonamides is 1. The predicted octanol–water partition coefficient (Wildman–Crippen LogP) is 4.90. The van der Waals surface area contributed by atoms with Crippen LogP contribution in [0.5, 0.6) is 0 Å². The molecule has 0 saturated carbocycles. The zero-order valence-corrected chi connectivity index (χ0v) is 18.4. The fraction of sp³-hybridized carbons (Fsp3) is 0.208. The fourth-order valence-electron chi connectivity index (χ4n) is 3.04. The van der Waals surface area contributed by atoms with Crippen molar-refractivity contribution in [2.75, 3.05) is 10.0 Å². The maximum Gasteiger partial charge on any atom is 0.261 e. The Labute approximate surface area is 178 Å². The number of benzene rings is 3. The molecule has 2 N–H and O–H groups in total. The second-order valence-corrected chi connectivity index (χ2v) is 9.25. The standard InChI is InChI=1S/C24H26N2O3S/c1-16-5-7-20(13-18(16)3)15-24(27)25-21-9-11-23(12-10-21)30(28,29)26-22-8-6-17(2)19(4)14-22/h5-14,26H,15H2,1-4H3,(H,25,27). The zero-order valence-electron chi connectivity index (χ0n) is 17.6. The van der Waals surface area contributed by atoms with Crippen molar-refractivity contribution < 1.29 is 13.2 Å². The quantitative estimate of drug-likeness (QED) is 0.593. The normalized spacial score (nSPS) is 11.2. The number of aryl methyl sites for hydroxylation is 4. The molecular formula is C24H26N2O3S. The molecule has 0 fully saturated rings. The smallest absolute Gasteiger partial charge is 0.261 e. The molecule has 0 atom stereocenters. The highest BCUT2D eigenvalue weighted by Crippen LogP contribution is 2.20. The van der Waals surface area contributed by atoms with E-state index in [1.54, 1.807) is 24.3 Å². The molecule has 0 aliphatic heterocycles. The average molecular weight is 423 g/mol. The van der Waals surface area contributed by atoms with Crippen molar-refractivity contribution in [2.45, 2.75) is 39.0 Å². The molecule has 3 rings (SSSR count). The molecule has 0 radical (unpaired) electrons. The maximum absolute atomic E-state index is 12.6. The number of nitrogens with one attached hydrogen (secondary N) is 2. The van der Waals surface area contributed by atoms with Gasteiger partial charge < -0.3 is 5.32 Å². The van der Waals surface area contributed by atoms with Gasteiger partial charge in [0.15, 0.2) is 0 Å². The number of carbonyl (C=O) groups is 1. The summed E-state index contributed by atoms with van der Waals surface area (Å²) >= 11 is 0. The topological polar surface area (TPSA) is 75.3 Å². The van der Waals surface area contributed by atoms with E-state index < -0.39 is 10.0 Å². The largest absolute Gasteiger partial charge is 0.326 e. The molecule has 156 valence electrons. The van der Waals surface area contributed by atoms with Gasteiger partial charge in [0.2, 0.25) is 5.91 Å². The molecule has 6 heteroatoms. The highest BCUT2D eigenvalue weighted by Gasteiger charge is 2.15. The van der Waals surface area contributed by atoms with Crippen LogP contribution in [0.2, 0.25) is 0 Å². The van der Waals surface area contributed by atoms with Gasteiger partial charge in [0.1, 0.15) is 0 Å². The molecule has 1 amide bonds. The van der Waals surface area contributed by atoms with Crippen LogP contribution in [0.15, 0.2) is 65.6 Å². The van der Waals surface area contributed by atoms with Crippen molar-refractivity contribution in [2.24, 2.45) is 0 Å². The first kappa shape index (κ1) is 21.6. The molecule has 0 heterocycles. The van der Waals surface area contributed by atoms with E-state index in [1.807, 2.05) is 52.0 Å². The molecule has 5 nitrogen and oxygen atoms in total. The zero-order chi connectivity index (χ0) is 21.9. The van der Waals surface area contributed by atoms with Crippen LogP contribution >= 0.6 is 0 Å². The summed E-state index contributed by atoms with van der Waals surface area (Å²) in [6, 6.07) is 17.5. The Hall–Kier alpha value is -3.12. The van der Waals surface area contributed by atoms with Crippen LogP contribution in [0.4, 0.5) is 11.4 Å². The number of anilines is 2. The molecule has 0 spiro atoms. The summed E-state index contributed by atoms with van der Waals surface area (Å²) in [6.07, 6.45) is 0.259. The number of amides is 1. The molecule has 0 aliphatic rings. The van der Waals surface area contributed by atoms with Gasteiger partial charge in [-0.05, 0) is 91.9 Å². The molecule has 0 aliphatic carbocycles. The van der Waals surface area contributed by atoms with Crippen molar-refractivity contribution in [1.29, 1.82) is 0 Å². The Morgan fingerprint density at radius 3 is 1.90 bits per heavy atom. The fourth-order valence-corrected chi connectivity index (χ4v) is 4.09. The average Bonchev–Trinajstić information content (AvgIpc) is 2.68. The van der Waals surface area contributed by atoms with E-state index in [0.717, 1.165) is 22.3 Å². The lowest BCUT2D eigenvalue weighted by atomic mass is 10.0. The number of hydrogen-bond donors (Lipinski definition) is 2. The lowest BCUT2D eigenvalue weighted by Gasteiger charge is -2.11. The molecule has 0 saturated heterocycles. The second kappa shape index (κ2) is 8.71. The highest BCUT2D eigenvalue weighted by atomic mass is 32.2. The van der Waals surface area contributed by atoms with Gasteiger partial charge in [0.25, 0.3) is 10.0 Å². The van der Waals surface area contributed by atoms with Gasteiger partial charge in [0, 0.05) is 11.4 Å². The lowest BCUT2D eigenvalue weighted by molar-refractivity contribution is -0.115. The molecule has 30 heavy (non-hydrogen) atoms. The molecule has 3 aromatic rings. The van der Waals surface area contributed by atoms with E-state index in [4.69, 9.17) is 0 Å². The summed E-state index contributed by atoms with van der Waals surface area (Å²) in [5.74, 6) is -0.151. The lowest BCUT2D eigenvalue weighted by Crippen LogP contribution is -2.15. The Balaban J connectivity index is 1.66. The molecule has 0 unspecified atom stereocenters. The first-order chi connectivity index (χ1) is 14.1. The number of carbonyl (C=O) groups excluding carboxylic acids is 1. The predicted molar refractivity (Wildman–Crippen MR) is 121 cm³/mol. The minimum Gasteiger partial charge on any atom is -0.326 e. The summed E-state index contributed by atoms with van der Waals surface area (Å²) < 4.78 is 27.9. The summed E-state index contributed by atoms with van der Waals surface area (Å²) in [7, 11) is -3.71. The third kappa shape index (κ3) is 5.27. The highest BCUT2D eigenvalue weighted by molar-refractivity contribution is 7.92. The Morgan fingerprint density at radius 2 is 1.30 bits per heavy atom. The van der Waals surface area contributed by atoms with Gasteiger partial charge in [-0.25, -0.2) is 8.42 Å². The summed E-state index contributed by atoms with van der Waals surface area (Å²) in [6.45, 7) is 7.95. The van der Waals surface area contributed by atoms with Crippen LogP contribution in [-0.2, 0) is 21.2 Å². The molecular weight excluding hydrogens is 396 g/mol. The van der Waals surface area contributed by atoms with Crippen molar-refractivity contribution >= 4 is 27.3 Å². The van der Waals surface area contributed by atoms with E-state index in [1.165, 1.54) is 17.7 Å². The van der Waals surface area contributed by atoms with E-state index in [-0.39, 0.29) is 17.2 Å². The van der Waals surface area contributed by atoms with Crippen molar-refractivity contribution in [3.8, 4) is 0 Å². The summed E-state index contributed by atoms with van der Waals surface area (Å²) in [4.78, 5) is 12.5. The number of hydrogen-bond acceptors (Lipinski definition) is 3. The van der Waals surface area contributed by atoms with Crippen LogP contribution in [0.3, 0.4) is 0 Å². The third-order valence-corrected chi connectivity index (χ3v) is 6.54. The molecule has 3 aromatic carbocycles. The Kier molecular flexibility index (Phi) is 6.27. The maximum atomic E-state index is 12.6. The van der Waals surface area contributed by atoms with E-state index in [9.17, 15) is 13.2 Å². The van der Waals surface area contributed by atoms with Crippen LogP contribution < -0.4 is 10.0 Å². The monoisotopic (exact) mass is 422 g/mol. The van der Waals surface area contributed by atoms with Crippen LogP contribution in [-0.4, -0.2) is 14.3 Å². The Bertz CT molecular complexity index is 1180. The Morgan fingerprint density at radius 1 is 0.733 bits per heavy atom. The van der Waals surface area contributed by atoms with Gasteiger partial charge in [-0.2, -0.15) is 0 Å². The van der Waals surface area contributed by atoms with Gasteiger partial charge in [0.05, 0.1) is 11.3 Å². The van der Waals surface area contributed by atoms with E-state index in [2.05, 4.69) is 10.0 Å². The van der Waals surface area contributed by atoms with Crippen LogP contribution in [0, 0.1) is 27.7 Å². The molecule has 0 bridgehead atoms.